The minimum atomic E-state index is -0.00981. The van der Waals surface area contributed by atoms with Crippen LogP contribution in [-0.4, -0.2) is 22.2 Å². The molecule has 0 saturated heterocycles. The van der Waals surface area contributed by atoms with Crippen molar-refractivity contribution in [1.29, 1.82) is 0 Å². The van der Waals surface area contributed by atoms with Gasteiger partial charge < -0.3 is 5.32 Å². The Kier molecular flexibility index (Phi) is 3.50. The Hall–Kier alpha value is -1.32. The fourth-order valence-corrected chi connectivity index (χ4v) is 2.35. The molecule has 1 amide bonds. The van der Waals surface area contributed by atoms with Crippen molar-refractivity contribution in [1.82, 2.24) is 15.1 Å². The van der Waals surface area contributed by atoms with Crippen molar-refractivity contribution in [2.75, 3.05) is 6.54 Å². The second-order valence-corrected chi connectivity index (χ2v) is 5.19. The maximum Gasteiger partial charge on any atom is 0.272 e. The molecule has 2 rings (SSSR count). The average molecular weight is 235 g/mol. The molecule has 1 N–H and O–H groups in total. The number of hydrogen-bond acceptors (Lipinski definition) is 2. The van der Waals surface area contributed by atoms with Crippen LogP contribution in [0.4, 0.5) is 0 Å². The van der Waals surface area contributed by atoms with Gasteiger partial charge in [0.15, 0.2) is 5.69 Å². The molecular weight excluding hydrogens is 214 g/mol. The van der Waals surface area contributed by atoms with Crippen molar-refractivity contribution < 1.29 is 4.79 Å². The largest absolute Gasteiger partial charge is 0.351 e. The Labute approximate surface area is 102 Å². The third-order valence-electron chi connectivity index (χ3n) is 3.34. The molecule has 94 valence electrons. The Morgan fingerprint density at radius 3 is 2.94 bits per heavy atom. The lowest BCUT2D eigenvalue weighted by atomic mass is 10.1. The van der Waals surface area contributed by atoms with Gasteiger partial charge in [-0.05, 0) is 31.6 Å². The summed E-state index contributed by atoms with van der Waals surface area (Å²) in [6.07, 6.45) is 4.21. The normalized spacial score (nSPS) is 14.1. The molecule has 0 unspecified atom stereocenters. The quantitative estimate of drug-likeness (QED) is 0.863. The molecule has 4 heteroatoms. The monoisotopic (exact) mass is 235 g/mol. The van der Waals surface area contributed by atoms with Gasteiger partial charge in [0.2, 0.25) is 0 Å². The van der Waals surface area contributed by atoms with Crippen LogP contribution in [0.3, 0.4) is 0 Å². The van der Waals surface area contributed by atoms with Gasteiger partial charge >= 0.3 is 0 Å². The number of amides is 1. The summed E-state index contributed by atoms with van der Waals surface area (Å²) in [7, 11) is 1.93. The Morgan fingerprint density at radius 2 is 2.24 bits per heavy atom. The Bertz CT molecular complexity index is 421. The van der Waals surface area contributed by atoms with Crippen LogP contribution in [0.1, 0.15) is 48.4 Å². The maximum atomic E-state index is 12.0. The van der Waals surface area contributed by atoms with Crippen LogP contribution in [-0.2, 0) is 19.9 Å². The van der Waals surface area contributed by atoms with Crippen molar-refractivity contribution in [2.24, 2.45) is 13.0 Å². The van der Waals surface area contributed by atoms with Gasteiger partial charge in [-0.3, -0.25) is 9.48 Å². The lowest BCUT2D eigenvalue weighted by molar-refractivity contribution is 0.0945. The molecule has 1 aliphatic rings. The summed E-state index contributed by atoms with van der Waals surface area (Å²) < 4.78 is 1.86. The van der Waals surface area contributed by atoms with Crippen LogP contribution < -0.4 is 5.32 Å². The SMILES string of the molecule is CC(C)CCNC(=O)c1nn(C)c2c1CCC2. The van der Waals surface area contributed by atoms with Crippen molar-refractivity contribution in [3.8, 4) is 0 Å². The zero-order valence-electron chi connectivity index (χ0n) is 10.9. The lowest BCUT2D eigenvalue weighted by Gasteiger charge is -2.06. The highest BCUT2D eigenvalue weighted by Crippen LogP contribution is 2.24. The molecule has 1 aromatic rings. The van der Waals surface area contributed by atoms with E-state index in [1.807, 2.05) is 11.7 Å². The molecular formula is C13H21N3O. The molecule has 0 fully saturated rings. The number of rotatable bonds is 4. The smallest absolute Gasteiger partial charge is 0.272 e. The van der Waals surface area contributed by atoms with Crippen molar-refractivity contribution >= 4 is 5.91 Å². The van der Waals surface area contributed by atoms with Crippen LogP contribution in [0.5, 0.6) is 0 Å². The predicted octanol–water partition coefficient (Wildman–Crippen LogP) is 1.68. The fourth-order valence-electron chi connectivity index (χ4n) is 2.35. The molecule has 0 radical (unpaired) electrons. The minimum absolute atomic E-state index is 0.00981. The number of aromatic nitrogens is 2. The van der Waals surface area contributed by atoms with Gasteiger partial charge in [0, 0.05) is 24.8 Å². The van der Waals surface area contributed by atoms with E-state index in [2.05, 4.69) is 24.3 Å². The number of carbonyl (C=O) groups is 1. The summed E-state index contributed by atoms with van der Waals surface area (Å²) in [6, 6.07) is 0. The third kappa shape index (κ3) is 2.51. The van der Waals surface area contributed by atoms with Gasteiger partial charge in [-0.15, -0.1) is 0 Å². The van der Waals surface area contributed by atoms with Gasteiger partial charge in [-0.2, -0.15) is 5.10 Å². The van der Waals surface area contributed by atoms with Gasteiger partial charge in [-0.1, -0.05) is 13.8 Å². The topological polar surface area (TPSA) is 46.9 Å². The van der Waals surface area contributed by atoms with E-state index in [9.17, 15) is 4.79 Å². The summed E-state index contributed by atoms with van der Waals surface area (Å²) in [6.45, 7) is 5.05. The highest BCUT2D eigenvalue weighted by atomic mass is 16.1. The first-order valence-corrected chi connectivity index (χ1v) is 6.42. The number of aryl methyl sites for hydroxylation is 1. The summed E-state index contributed by atoms with van der Waals surface area (Å²) in [5.74, 6) is 0.606. The molecule has 0 bridgehead atoms. The van der Waals surface area contributed by atoms with E-state index in [-0.39, 0.29) is 5.91 Å². The van der Waals surface area contributed by atoms with E-state index in [0.717, 1.165) is 37.8 Å². The highest BCUT2D eigenvalue weighted by Gasteiger charge is 2.24. The molecule has 0 aromatic carbocycles. The lowest BCUT2D eigenvalue weighted by Crippen LogP contribution is -2.26. The third-order valence-corrected chi connectivity index (χ3v) is 3.34. The Balaban J connectivity index is 2.02. The molecule has 4 nitrogen and oxygen atoms in total. The van der Waals surface area contributed by atoms with Crippen LogP contribution in [0.2, 0.25) is 0 Å². The van der Waals surface area contributed by atoms with E-state index < -0.39 is 0 Å². The van der Waals surface area contributed by atoms with Crippen LogP contribution in [0.15, 0.2) is 0 Å². The minimum Gasteiger partial charge on any atom is -0.351 e. The van der Waals surface area contributed by atoms with Crippen molar-refractivity contribution in [3.63, 3.8) is 0 Å². The highest BCUT2D eigenvalue weighted by molar-refractivity contribution is 5.94. The Morgan fingerprint density at radius 1 is 1.47 bits per heavy atom. The first-order chi connectivity index (χ1) is 8.09. The van der Waals surface area contributed by atoms with E-state index in [4.69, 9.17) is 0 Å². The summed E-state index contributed by atoms with van der Waals surface area (Å²) in [5.41, 5.74) is 3.04. The maximum absolute atomic E-state index is 12.0. The number of fused-ring (bicyclic) bond motifs is 1. The van der Waals surface area contributed by atoms with E-state index in [1.54, 1.807) is 0 Å². The number of nitrogens with zero attached hydrogens (tertiary/aromatic N) is 2. The number of hydrogen-bond donors (Lipinski definition) is 1. The second-order valence-electron chi connectivity index (χ2n) is 5.19. The van der Waals surface area contributed by atoms with Crippen LogP contribution in [0.25, 0.3) is 0 Å². The summed E-state index contributed by atoms with van der Waals surface area (Å²) in [5, 5.41) is 7.29. The summed E-state index contributed by atoms with van der Waals surface area (Å²) in [4.78, 5) is 12.0. The van der Waals surface area contributed by atoms with Crippen LogP contribution in [0, 0.1) is 5.92 Å². The zero-order chi connectivity index (χ0) is 12.4. The standard InChI is InChI=1S/C13H21N3O/c1-9(2)7-8-14-13(17)12-10-5-4-6-11(10)16(3)15-12/h9H,4-8H2,1-3H3,(H,14,17). The molecule has 1 heterocycles. The zero-order valence-corrected chi connectivity index (χ0v) is 10.9. The summed E-state index contributed by atoms with van der Waals surface area (Å²) >= 11 is 0. The van der Waals surface area contributed by atoms with E-state index in [1.165, 1.54) is 5.69 Å². The molecule has 0 aliphatic heterocycles. The van der Waals surface area contributed by atoms with Gasteiger partial charge in [0.1, 0.15) is 0 Å². The molecule has 1 aromatic heterocycles. The molecule has 0 spiro atoms. The molecule has 1 aliphatic carbocycles. The predicted molar refractivity (Wildman–Crippen MR) is 67.0 cm³/mol. The fraction of sp³-hybridized carbons (Fsp3) is 0.692. The molecule has 17 heavy (non-hydrogen) atoms. The van der Waals surface area contributed by atoms with Crippen LogP contribution >= 0.6 is 0 Å². The van der Waals surface area contributed by atoms with Crippen molar-refractivity contribution in [2.45, 2.75) is 39.5 Å². The first kappa shape index (κ1) is 12.1. The van der Waals surface area contributed by atoms with E-state index >= 15 is 0 Å². The van der Waals surface area contributed by atoms with Crippen molar-refractivity contribution in [3.05, 3.63) is 17.0 Å². The first-order valence-electron chi connectivity index (χ1n) is 6.42. The average Bonchev–Trinajstić information content (AvgIpc) is 2.82. The van der Waals surface area contributed by atoms with Gasteiger partial charge in [-0.25, -0.2) is 0 Å². The second kappa shape index (κ2) is 4.90. The van der Waals surface area contributed by atoms with E-state index in [0.29, 0.717) is 11.6 Å². The molecule has 0 atom stereocenters. The number of carbonyl (C=O) groups excluding carboxylic acids is 1. The van der Waals surface area contributed by atoms with Gasteiger partial charge in [0.25, 0.3) is 5.91 Å². The molecule has 0 saturated carbocycles. The number of nitrogens with one attached hydrogen (secondary N) is 1. The van der Waals surface area contributed by atoms with Gasteiger partial charge in [0.05, 0.1) is 0 Å².